The van der Waals surface area contributed by atoms with Crippen molar-refractivity contribution >= 4 is 11.6 Å². The molecule has 6 nitrogen and oxygen atoms in total. The van der Waals surface area contributed by atoms with Gasteiger partial charge in [0.15, 0.2) is 5.69 Å². The Morgan fingerprint density at radius 3 is 2.43 bits per heavy atom. The second-order valence-electron chi connectivity index (χ2n) is 7.49. The molecule has 0 spiro atoms. The van der Waals surface area contributed by atoms with Crippen LogP contribution in [0.4, 0.5) is 23.2 Å². The van der Waals surface area contributed by atoms with E-state index in [9.17, 15) is 27.5 Å². The summed E-state index contributed by atoms with van der Waals surface area (Å²) in [6.07, 6.45) is -5.97. The molecule has 1 heterocycles. The quantitative estimate of drug-likeness (QED) is 0.383. The van der Waals surface area contributed by atoms with Gasteiger partial charge in [-0.1, -0.05) is 42.5 Å². The van der Waals surface area contributed by atoms with Crippen molar-refractivity contribution in [3.05, 3.63) is 113 Å². The molecule has 0 saturated carbocycles. The number of nitrogens with zero attached hydrogens (tertiary/aromatic N) is 3. The molecule has 1 amide bonds. The van der Waals surface area contributed by atoms with Gasteiger partial charge < -0.3 is 10.4 Å². The molecule has 0 aliphatic heterocycles. The summed E-state index contributed by atoms with van der Waals surface area (Å²) in [6, 6.07) is 20.0. The Kier molecular flexibility index (Phi) is 6.36. The summed E-state index contributed by atoms with van der Waals surface area (Å²) in [7, 11) is 0. The Labute approximate surface area is 196 Å². The predicted octanol–water partition coefficient (Wildman–Crippen LogP) is 5.24. The largest absolute Gasteiger partial charge is 0.435 e. The van der Waals surface area contributed by atoms with Gasteiger partial charge in [0.05, 0.1) is 23.0 Å². The molecule has 0 aliphatic carbocycles. The fourth-order valence-electron chi connectivity index (χ4n) is 3.41. The fraction of sp³-hybridized carbons (Fsp3) is 0.0800. The monoisotopic (exact) mass is 480 g/mol. The second kappa shape index (κ2) is 9.40. The van der Waals surface area contributed by atoms with E-state index in [2.05, 4.69) is 10.4 Å². The Morgan fingerprint density at radius 2 is 1.74 bits per heavy atom. The van der Waals surface area contributed by atoms with Gasteiger partial charge in [-0.15, -0.1) is 0 Å². The van der Waals surface area contributed by atoms with Crippen LogP contribution < -0.4 is 5.32 Å². The lowest BCUT2D eigenvalue weighted by Gasteiger charge is -2.14. The number of benzene rings is 3. The average Bonchev–Trinajstić information content (AvgIpc) is 3.32. The van der Waals surface area contributed by atoms with Gasteiger partial charge in [-0.3, -0.25) is 4.79 Å². The van der Waals surface area contributed by atoms with E-state index >= 15 is 0 Å². The highest BCUT2D eigenvalue weighted by atomic mass is 19.4. The number of nitriles is 1. The summed E-state index contributed by atoms with van der Waals surface area (Å²) in [5, 5.41) is 25.4. The van der Waals surface area contributed by atoms with Crippen LogP contribution in [0.3, 0.4) is 0 Å². The first-order valence-electron chi connectivity index (χ1n) is 10.2. The molecule has 35 heavy (non-hydrogen) atoms. The van der Waals surface area contributed by atoms with Crippen molar-refractivity contribution in [1.82, 2.24) is 9.78 Å². The van der Waals surface area contributed by atoms with Crippen LogP contribution in [0, 0.1) is 17.1 Å². The molecule has 1 unspecified atom stereocenters. The molecule has 0 fully saturated rings. The molecule has 2 N–H and O–H groups in total. The van der Waals surface area contributed by atoms with E-state index in [4.69, 9.17) is 5.26 Å². The molecule has 10 heteroatoms. The van der Waals surface area contributed by atoms with Crippen molar-refractivity contribution in [3.63, 3.8) is 0 Å². The van der Waals surface area contributed by atoms with Crippen molar-refractivity contribution in [2.75, 3.05) is 5.32 Å². The highest BCUT2D eigenvalue weighted by Gasteiger charge is 2.36. The molecular weight excluding hydrogens is 464 g/mol. The summed E-state index contributed by atoms with van der Waals surface area (Å²) < 4.78 is 55.3. The van der Waals surface area contributed by atoms with Crippen molar-refractivity contribution in [3.8, 4) is 11.8 Å². The number of aliphatic hydroxyl groups excluding tert-OH is 1. The third-order valence-corrected chi connectivity index (χ3v) is 5.12. The molecule has 3 aromatic carbocycles. The topological polar surface area (TPSA) is 90.9 Å². The molecule has 0 radical (unpaired) electrons. The van der Waals surface area contributed by atoms with Crippen LogP contribution in [0.2, 0.25) is 0 Å². The van der Waals surface area contributed by atoms with E-state index in [0.29, 0.717) is 11.6 Å². The number of aliphatic hydroxyl groups is 1. The minimum absolute atomic E-state index is 0.0402. The molecule has 1 atom stereocenters. The normalized spacial score (nSPS) is 12.1. The maximum Gasteiger partial charge on any atom is 0.435 e. The van der Waals surface area contributed by atoms with Gasteiger partial charge in [-0.05, 0) is 41.5 Å². The minimum atomic E-state index is -4.85. The number of hydrogen-bond acceptors (Lipinski definition) is 4. The van der Waals surface area contributed by atoms with Gasteiger partial charge in [0.25, 0.3) is 5.91 Å². The first-order valence-corrected chi connectivity index (χ1v) is 10.2. The molecule has 0 aliphatic rings. The number of anilines is 1. The number of hydrogen-bond donors (Lipinski definition) is 2. The fourth-order valence-corrected chi connectivity index (χ4v) is 3.41. The van der Waals surface area contributed by atoms with E-state index in [-0.39, 0.29) is 22.5 Å². The van der Waals surface area contributed by atoms with E-state index in [1.54, 1.807) is 30.3 Å². The van der Waals surface area contributed by atoms with E-state index in [1.807, 2.05) is 6.07 Å². The summed E-state index contributed by atoms with van der Waals surface area (Å²) in [5.74, 6) is -1.92. The molecule has 4 aromatic rings. The summed E-state index contributed by atoms with van der Waals surface area (Å²) in [6.45, 7) is 0. The molecular formula is C25H16F4N4O2. The van der Waals surface area contributed by atoms with E-state index in [1.165, 1.54) is 36.4 Å². The summed E-state index contributed by atoms with van der Waals surface area (Å²) in [5.41, 5.74) is -1.22. The summed E-state index contributed by atoms with van der Waals surface area (Å²) in [4.78, 5) is 13.0. The van der Waals surface area contributed by atoms with Crippen LogP contribution >= 0.6 is 0 Å². The van der Waals surface area contributed by atoms with Crippen LogP contribution in [0.1, 0.15) is 39.0 Å². The molecule has 176 valence electrons. The van der Waals surface area contributed by atoms with Crippen molar-refractivity contribution in [1.29, 1.82) is 5.26 Å². The third-order valence-electron chi connectivity index (χ3n) is 5.12. The highest BCUT2D eigenvalue weighted by molar-refractivity contribution is 6.03. The van der Waals surface area contributed by atoms with Crippen molar-refractivity contribution in [2.24, 2.45) is 0 Å². The number of alkyl halides is 3. The standard InChI is InChI=1S/C25H16F4N4O2/c26-19-10-9-17(23(34)16-6-2-1-3-7-16)12-20(19)31-24(35)21-13-22(25(27,28)29)32-33(21)18-8-4-5-15(11-18)14-30/h1-13,23,34H,(H,31,35). The average molecular weight is 480 g/mol. The highest BCUT2D eigenvalue weighted by Crippen LogP contribution is 2.31. The predicted molar refractivity (Wildman–Crippen MR) is 118 cm³/mol. The van der Waals surface area contributed by atoms with Gasteiger partial charge in [0.2, 0.25) is 0 Å². The number of aromatic nitrogens is 2. The lowest BCUT2D eigenvalue weighted by Crippen LogP contribution is -2.18. The second-order valence-corrected chi connectivity index (χ2v) is 7.49. The summed E-state index contributed by atoms with van der Waals surface area (Å²) >= 11 is 0. The van der Waals surface area contributed by atoms with Crippen LogP contribution in [-0.4, -0.2) is 20.8 Å². The van der Waals surface area contributed by atoms with Crippen LogP contribution in [-0.2, 0) is 6.18 Å². The lowest BCUT2D eigenvalue weighted by molar-refractivity contribution is -0.141. The number of amides is 1. The molecule has 4 rings (SSSR count). The molecule has 0 saturated heterocycles. The van der Waals surface area contributed by atoms with Crippen molar-refractivity contribution < 1.29 is 27.5 Å². The Balaban J connectivity index is 1.71. The number of rotatable bonds is 5. The van der Waals surface area contributed by atoms with Crippen LogP contribution in [0.15, 0.2) is 78.9 Å². The molecule has 1 aromatic heterocycles. The first-order chi connectivity index (χ1) is 16.7. The lowest BCUT2D eigenvalue weighted by atomic mass is 10.0. The first kappa shape index (κ1) is 23.7. The molecule has 0 bridgehead atoms. The zero-order valence-corrected chi connectivity index (χ0v) is 17.8. The van der Waals surface area contributed by atoms with Gasteiger partial charge in [-0.2, -0.15) is 23.5 Å². The van der Waals surface area contributed by atoms with Crippen LogP contribution in [0.25, 0.3) is 5.69 Å². The Morgan fingerprint density at radius 1 is 1.00 bits per heavy atom. The minimum Gasteiger partial charge on any atom is -0.384 e. The van der Waals surface area contributed by atoms with Gasteiger partial charge in [-0.25, -0.2) is 9.07 Å². The van der Waals surface area contributed by atoms with Gasteiger partial charge >= 0.3 is 6.18 Å². The number of carbonyl (C=O) groups excluding carboxylic acids is 1. The van der Waals surface area contributed by atoms with E-state index < -0.39 is 35.4 Å². The van der Waals surface area contributed by atoms with Crippen LogP contribution in [0.5, 0.6) is 0 Å². The SMILES string of the molecule is N#Cc1cccc(-n2nc(C(F)(F)F)cc2C(=O)Nc2cc(C(O)c3ccccc3)ccc2F)c1. The Hall–Kier alpha value is -4.49. The number of nitrogens with one attached hydrogen (secondary N) is 1. The van der Waals surface area contributed by atoms with Crippen molar-refractivity contribution in [2.45, 2.75) is 12.3 Å². The maximum atomic E-state index is 14.5. The maximum absolute atomic E-state index is 14.5. The number of halogens is 4. The van der Waals surface area contributed by atoms with Gasteiger partial charge in [0, 0.05) is 6.07 Å². The third kappa shape index (κ3) is 5.05. The van der Waals surface area contributed by atoms with E-state index in [0.717, 1.165) is 10.7 Å². The zero-order chi connectivity index (χ0) is 25.2. The van der Waals surface area contributed by atoms with Gasteiger partial charge in [0.1, 0.15) is 17.6 Å². The Bertz CT molecular complexity index is 1430. The zero-order valence-electron chi connectivity index (χ0n) is 17.8. The smallest absolute Gasteiger partial charge is 0.384 e. The number of carbonyl (C=O) groups is 1.